The smallest absolute Gasteiger partial charge is 0.335 e. The van der Waals surface area contributed by atoms with E-state index in [0.717, 1.165) is 0 Å². The highest BCUT2D eigenvalue weighted by molar-refractivity contribution is 5.88. The molecule has 1 aromatic carbocycles. The molecule has 0 aliphatic carbocycles. The molecule has 0 unspecified atom stereocenters. The van der Waals surface area contributed by atoms with Gasteiger partial charge in [-0.05, 0) is 38.1 Å². The first-order valence-electron chi connectivity index (χ1n) is 6.41. The van der Waals surface area contributed by atoms with E-state index in [1.807, 2.05) is 0 Å². The number of carboxylic acid groups (broad SMARTS) is 1. The Labute approximate surface area is 121 Å². The lowest BCUT2D eigenvalue weighted by atomic mass is 10.2. The summed E-state index contributed by atoms with van der Waals surface area (Å²) in [5.41, 5.74) is 1.14. The Balaban J connectivity index is 2.26. The van der Waals surface area contributed by atoms with Gasteiger partial charge in [-0.3, -0.25) is 0 Å². The van der Waals surface area contributed by atoms with Gasteiger partial charge in [-0.25, -0.2) is 14.2 Å². The van der Waals surface area contributed by atoms with Gasteiger partial charge in [-0.2, -0.15) is 0 Å². The Morgan fingerprint density at radius 3 is 2.76 bits per heavy atom. The molecule has 0 aliphatic heterocycles. The van der Waals surface area contributed by atoms with Crippen LogP contribution in [-0.4, -0.2) is 22.7 Å². The molecule has 0 saturated heterocycles. The summed E-state index contributed by atoms with van der Waals surface area (Å²) >= 11 is 0. The molecule has 21 heavy (non-hydrogen) atoms. The van der Waals surface area contributed by atoms with Crippen molar-refractivity contribution in [3.05, 3.63) is 47.4 Å². The molecule has 1 aromatic heterocycles. The number of halogens is 1. The average molecular weight is 290 g/mol. The average Bonchev–Trinajstić information content (AvgIpc) is 2.41. The van der Waals surface area contributed by atoms with E-state index < -0.39 is 11.8 Å². The first-order valence-corrected chi connectivity index (χ1v) is 6.41. The molecule has 2 N–H and O–H groups in total. The van der Waals surface area contributed by atoms with Crippen LogP contribution >= 0.6 is 0 Å². The second-order valence-electron chi connectivity index (χ2n) is 4.39. The number of rotatable bonds is 5. The van der Waals surface area contributed by atoms with Gasteiger partial charge in [-0.15, -0.1) is 0 Å². The molecular formula is C15H15FN2O3. The van der Waals surface area contributed by atoms with Crippen molar-refractivity contribution in [2.45, 2.75) is 13.8 Å². The molecule has 0 bridgehead atoms. The van der Waals surface area contributed by atoms with Crippen LogP contribution < -0.4 is 10.1 Å². The minimum absolute atomic E-state index is 0.122. The summed E-state index contributed by atoms with van der Waals surface area (Å²) in [5.74, 6) is -1.02. The largest absolute Gasteiger partial charge is 0.491 e. The Hall–Kier alpha value is -2.63. The first-order chi connectivity index (χ1) is 9.99. The van der Waals surface area contributed by atoms with Crippen molar-refractivity contribution in [3.8, 4) is 5.75 Å². The highest BCUT2D eigenvalue weighted by Crippen LogP contribution is 2.23. The molecule has 5 nitrogen and oxygen atoms in total. The third-order valence-corrected chi connectivity index (χ3v) is 2.70. The van der Waals surface area contributed by atoms with Crippen molar-refractivity contribution in [2.24, 2.45) is 0 Å². The van der Waals surface area contributed by atoms with Crippen LogP contribution in [-0.2, 0) is 0 Å². The SMILES string of the molecule is CCOc1ccc(Nc2cc(C(=O)O)cc(C)n2)cc1F. The van der Waals surface area contributed by atoms with Crippen molar-refractivity contribution in [1.82, 2.24) is 4.98 Å². The Kier molecular flexibility index (Phi) is 4.37. The standard InChI is InChI=1S/C15H15FN2O3/c1-3-21-13-5-4-11(8-12(13)16)18-14-7-10(15(19)20)6-9(2)17-14/h4-8H,3H2,1-2H3,(H,17,18)(H,19,20). The molecule has 0 fully saturated rings. The quantitative estimate of drug-likeness (QED) is 0.883. The molecule has 2 rings (SSSR count). The van der Waals surface area contributed by atoms with E-state index in [4.69, 9.17) is 9.84 Å². The van der Waals surface area contributed by atoms with Crippen LogP contribution in [0.1, 0.15) is 23.0 Å². The highest BCUT2D eigenvalue weighted by Gasteiger charge is 2.08. The molecule has 0 saturated carbocycles. The topological polar surface area (TPSA) is 71.5 Å². The van der Waals surface area contributed by atoms with Gasteiger partial charge in [0.2, 0.25) is 0 Å². The molecule has 0 spiro atoms. The summed E-state index contributed by atoms with van der Waals surface area (Å²) < 4.78 is 18.9. The van der Waals surface area contributed by atoms with E-state index in [2.05, 4.69) is 10.3 Å². The first kappa shape index (κ1) is 14.8. The molecule has 1 heterocycles. The second kappa shape index (κ2) is 6.21. The van der Waals surface area contributed by atoms with Crippen LogP contribution in [0.5, 0.6) is 5.75 Å². The van der Waals surface area contributed by atoms with Crippen molar-refractivity contribution in [1.29, 1.82) is 0 Å². The van der Waals surface area contributed by atoms with Gasteiger partial charge in [0.05, 0.1) is 12.2 Å². The van der Waals surface area contributed by atoms with Crippen molar-refractivity contribution >= 4 is 17.5 Å². The summed E-state index contributed by atoms with van der Waals surface area (Å²) in [5, 5.41) is 11.9. The number of anilines is 2. The number of benzene rings is 1. The number of hydrogen-bond acceptors (Lipinski definition) is 4. The number of pyridine rings is 1. The Bertz CT molecular complexity index is 674. The fraction of sp³-hybridized carbons (Fsp3) is 0.200. The van der Waals surface area contributed by atoms with Crippen LogP contribution in [0.2, 0.25) is 0 Å². The van der Waals surface area contributed by atoms with E-state index in [1.165, 1.54) is 24.3 Å². The summed E-state index contributed by atoms with van der Waals surface area (Å²) in [7, 11) is 0. The third kappa shape index (κ3) is 3.68. The van der Waals surface area contributed by atoms with E-state index >= 15 is 0 Å². The number of ether oxygens (including phenoxy) is 1. The van der Waals surface area contributed by atoms with Gasteiger partial charge in [0, 0.05) is 17.4 Å². The van der Waals surface area contributed by atoms with Gasteiger partial charge in [-0.1, -0.05) is 0 Å². The van der Waals surface area contributed by atoms with Gasteiger partial charge >= 0.3 is 5.97 Å². The van der Waals surface area contributed by atoms with Crippen LogP contribution in [0.3, 0.4) is 0 Å². The molecular weight excluding hydrogens is 275 g/mol. The molecule has 0 amide bonds. The van der Waals surface area contributed by atoms with Crippen LogP contribution in [0.4, 0.5) is 15.9 Å². The maximum atomic E-state index is 13.7. The van der Waals surface area contributed by atoms with E-state index in [0.29, 0.717) is 23.8 Å². The van der Waals surface area contributed by atoms with Gasteiger partial charge in [0.15, 0.2) is 11.6 Å². The number of nitrogens with one attached hydrogen (secondary N) is 1. The molecule has 0 atom stereocenters. The number of carbonyl (C=O) groups is 1. The number of nitrogens with zero attached hydrogens (tertiary/aromatic N) is 1. The minimum atomic E-state index is -1.04. The fourth-order valence-electron chi connectivity index (χ4n) is 1.86. The predicted octanol–water partition coefficient (Wildman–Crippen LogP) is 3.37. The van der Waals surface area contributed by atoms with Crippen LogP contribution in [0, 0.1) is 12.7 Å². The zero-order valence-electron chi connectivity index (χ0n) is 11.7. The zero-order chi connectivity index (χ0) is 15.4. The summed E-state index contributed by atoms with van der Waals surface area (Å²) in [6.45, 7) is 3.84. The zero-order valence-corrected chi connectivity index (χ0v) is 11.7. The fourth-order valence-corrected chi connectivity index (χ4v) is 1.86. The number of aromatic nitrogens is 1. The Morgan fingerprint density at radius 2 is 2.14 bits per heavy atom. The molecule has 2 aromatic rings. The van der Waals surface area contributed by atoms with E-state index in [1.54, 1.807) is 19.9 Å². The van der Waals surface area contributed by atoms with E-state index in [-0.39, 0.29) is 11.3 Å². The van der Waals surface area contributed by atoms with Crippen LogP contribution in [0.25, 0.3) is 0 Å². The summed E-state index contributed by atoms with van der Waals surface area (Å²) in [4.78, 5) is 15.2. The normalized spacial score (nSPS) is 10.2. The van der Waals surface area contributed by atoms with Gasteiger partial charge in [0.25, 0.3) is 0 Å². The molecule has 6 heteroatoms. The predicted molar refractivity (Wildman–Crippen MR) is 76.8 cm³/mol. The maximum absolute atomic E-state index is 13.7. The number of aromatic carboxylic acids is 1. The summed E-state index contributed by atoms with van der Waals surface area (Å²) in [6, 6.07) is 7.28. The summed E-state index contributed by atoms with van der Waals surface area (Å²) in [6.07, 6.45) is 0. The minimum Gasteiger partial charge on any atom is -0.491 e. The van der Waals surface area contributed by atoms with Crippen molar-refractivity contribution in [3.63, 3.8) is 0 Å². The maximum Gasteiger partial charge on any atom is 0.335 e. The lowest BCUT2D eigenvalue weighted by Crippen LogP contribution is -2.02. The van der Waals surface area contributed by atoms with E-state index in [9.17, 15) is 9.18 Å². The van der Waals surface area contributed by atoms with Gasteiger partial charge in [0.1, 0.15) is 5.82 Å². The number of aryl methyl sites for hydroxylation is 1. The Morgan fingerprint density at radius 1 is 1.38 bits per heavy atom. The number of carboxylic acids is 1. The van der Waals surface area contributed by atoms with Crippen molar-refractivity contribution < 1.29 is 19.0 Å². The van der Waals surface area contributed by atoms with Crippen molar-refractivity contribution in [2.75, 3.05) is 11.9 Å². The lowest BCUT2D eigenvalue weighted by Gasteiger charge is -2.10. The lowest BCUT2D eigenvalue weighted by molar-refractivity contribution is 0.0696. The van der Waals surface area contributed by atoms with Crippen LogP contribution in [0.15, 0.2) is 30.3 Å². The van der Waals surface area contributed by atoms with Gasteiger partial charge < -0.3 is 15.2 Å². The second-order valence-corrected chi connectivity index (χ2v) is 4.39. The molecule has 0 aliphatic rings. The monoisotopic (exact) mass is 290 g/mol. The highest BCUT2D eigenvalue weighted by atomic mass is 19.1. The third-order valence-electron chi connectivity index (χ3n) is 2.70. The number of hydrogen-bond donors (Lipinski definition) is 2. The molecule has 0 radical (unpaired) electrons. The molecule has 110 valence electrons.